The lowest BCUT2D eigenvalue weighted by molar-refractivity contribution is 0.174. The Balaban J connectivity index is 2.19. The lowest BCUT2D eigenvalue weighted by Gasteiger charge is -2.38. The van der Waals surface area contributed by atoms with Crippen molar-refractivity contribution in [1.82, 2.24) is 4.31 Å². The van der Waals surface area contributed by atoms with E-state index in [4.69, 9.17) is 5.73 Å². The molecule has 0 radical (unpaired) electrons. The van der Waals surface area contributed by atoms with E-state index in [0.29, 0.717) is 16.9 Å². The van der Waals surface area contributed by atoms with Crippen LogP contribution in [-0.4, -0.2) is 25.8 Å². The summed E-state index contributed by atoms with van der Waals surface area (Å²) < 4.78 is 27.0. The standard InChI is InChI=1S/C16H26N2O2S/c1-16(2)9-7-14(8-10-16)18(3)21(19,20)15-6-4-5-13(11-15)12-17/h4-6,11,14H,7-10,12,17H2,1-3H3. The van der Waals surface area contributed by atoms with Crippen molar-refractivity contribution in [3.63, 3.8) is 0 Å². The molecule has 1 saturated carbocycles. The topological polar surface area (TPSA) is 63.4 Å². The van der Waals surface area contributed by atoms with Crippen LogP contribution in [0.3, 0.4) is 0 Å². The molecule has 4 nitrogen and oxygen atoms in total. The van der Waals surface area contributed by atoms with Gasteiger partial charge in [-0.25, -0.2) is 8.42 Å². The summed E-state index contributed by atoms with van der Waals surface area (Å²) in [5, 5.41) is 0. The van der Waals surface area contributed by atoms with Crippen molar-refractivity contribution in [2.75, 3.05) is 7.05 Å². The first-order chi connectivity index (χ1) is 9.76. The van der Waals surface area contributed by atoms with Crippen molar-refractivity contribution >= 4 is 10.0 Å². The van der Waals surface area contributed by atoms with Crippen LogP contribution < -0.4 is 5.73 Å². The monoisotopic (exact) mass is 310 g/mol. The van der Waals surface area contributed by atoms with Gasteiger partial charge < -0.3 is 5.73 Å². The Hall–Kier alpha value is -0.910. The molecular formula is C16H26N2O2S. The molecule has 0 amide bonds. The Labute approximate surface area is 128 Å². The fraction of sp³-hybridized carbons (Fsp3) is 0.625. The number of rotatable bonds is 4. The van der Waals surface area contributed by atoms with Gasteiger partial charge in [-0.2, -0.15) is 4.31 Å². The van der Waals surface area contributed by atoms with Crippen LogP contribution in [0.15, 0.2) is 29.2 Å². The third-order valence-corrected chi connectivity index (χ3v) is 6.54. The van der Waals surface area contributed by atoms with Crippen molar-refractivity contribution in [2.45, 2.75) is 57.0 Å². The fourth-order valence-corrected chi connectivity index (χ4v) is 4.43. The minimum absolute atomic E-state index is 0.101. The largest absolute Gasteiger partial charge is 0.326 e. The van der Waals surface area contributed by atoms with E-state index >= 15 is 0 Å². The van der Waals surface area contributed by atoms with Crippen LogP contribution in [0.5, 0.6) is 0 Å². The number of hydrogen-bond acceptors (Lipinski definition) is 3. The minimum atomic E-state index is -3.43. The summed E-state index contributed by atoms with van der Waals surface area (Å²) in [7, 11) is -1.73. The van der Waals surface area contributed by atoms with Crippen molar-refractivity contribution in [1.29, 1.82) is 0 Å². The molecule has 0 bridgehead atoms. The molecule has 2 rings (SSSR count). The van der Waals surface area contributed by atoms with Gasteiger partial charge in [-0.15, -0.1) is 0 Å². The first-order valence-corrected chi connectivity index (χ1v) is 8.97. The van der Waals surface area contributed by atoms with E-state index in [9.17, 15) is 8.42 Å². The van der Waals surface area contributed by atoms with Gasteiger partial charge in [-0.3, -0.25) is 0 Å². The van der Waals surface area contributed by atoms with E-state index in [-0.39, 0.29) is 6.04 Å². The van der Waals surface area contributed by atoms with Gasteiger partial charge in [0.1, 0.15) is 0 Å². The SMILES string of the molecule is CN(C1CCC(C)(C)CC1)S(=O)(=O)c1cccc(CN)c1. The second kappa shape index (κ2) is 6.07. The maximum absolute atomic E-state index is 12.7. The smallest absolute Gasteiger partial charge is 0.243 e. The zero-order chi connectivity index (χ0) is 15.7. The molecule has 1 aliphatic rings. The summed E-state index contributed by atoms with van der Waals surface area (Å²) in [6.07, 6.45) is 4.00. The zero-order valence-electron chi connectivity index (χ0n) is 13.2. The van der Waals surface area contributed by atoms with Crippen LogP contribution in [-0.2, 0) is 16.6 Å². The third kappa shape index (κ3) is 3.65. The summed E-state index contributed by atoms with van der Waals surface area (Å²) in [6, 6.07) is 7.04. The Kier molecular flexibility index (Phi) is 4.76. The van der Waals surface area contributed by atoms with Crippen molar-refractivity contribution in [3.05, 3.63) is 29.8 Å². The fourth-order valence-electron chi connectivity index (χ4n) is 2.94. The molecule has 1 aromatic carbocycles. The van der Waals surface area contributed by atoms with Gasteiger partial charge >= 0.3 is 0 Å². The van der Waals surface area contributed by atoms with Gasteiger partial charge in [0.15, 0.2) is 0 Å². The molecule has 0 heterocycles. The van der Waals surface area contributed by atoms with Crippen LogP contribution in [0.25, 0.3) is 0 Å². The Morgan fingerprint density at radius 1 is 1.29 bits per heavy atom. The molecule has 0 aliphatic heterocycles. The highest BCUT2D eigenvalue weighted by molar-refractivity contribution is 7.89. The first-order valence-electron chi connectivity index (χ1n) is 7.53. The van der Waals surface area contributed by atoms with E-state index in [1.54, 1.807) is 29.6 Å². The van der Waals surface area contributed by atoms with Gasteiger partial charge in [-0.1, -0.05) is 26.0 Å². The molecule has 0 saturated heterocycles. The molecule has 118 valence electrons. The first kappa shape index (κ1) is 16.5. The molecule has 2 N–H and O–H groups in total. The summed E-state index contributed by atoms with van der Waals surface area (Å²) in [4.78, 5) is 0.345. The van der Waals surface area contributed by atoms with Crippen LogP contribution in [0.1, 0.15) is 45.1 Å². The van der Waals surface area contributed by atoms with Crippen LogP contribution in [0, 0.1) is 5.41 Å². The molecule has 1 fully saturated rings. The van der Waals surface area contributed by atoms with Gasteiger partial charge in [-0.05, 0) is 48.8 Å². The molecule has 1 aliphatic carbocycles. The summed E-state index contributed by atoms with van der Waals surface area (Å²) in [6.45, 7) is 4.86. The van der Waals surface area contributed by atoms with Gasteiger partial charge in [0.2, 0.25) is 10.0 Å². The van der Waals surface area contributed by atoms with Gasteiger partial charge in [0.25, 0.3) is 0 Å². The normalized spacial score (nSPS) is 19.9. The zero-order valence-corrected chi connectivity index (χ0v) is 14.0. The minimum Gasteiger partial charge on any atom is -0.326 e. The number of sulfonamides is 1. The maximum atomic E-state index is 12.7. The quantitative estimate of drug-likeness (QED) is 0.930. The van der Waals surface area contributed by atoms with E-state index in [1.165, 1.54) is 0 Å². The molecule has 0 atom stereocenters. The molecule has 0 spiro atoms. The third-order valence-electron chi connectivity index (χ3n) is 4.63. The van der Waals surface area contributed by atoms with E-state index < -0.39 is 10.0 Å². The van der Waals surface area contributed by atoms with Crippen molar-refractivity contribution in [3.8, 4) is 0 Å². The molecule has 1 aromatic rings. The summed E-state index contributed by atoms with van der Waals surface area (Å²) >= 11 is 0. The Morgan fingerprint density at radius 3 is 2.48 bits per heavy atom. The lowest BCUT2D eigenvalue weighted by Crippen LogP contribution is -2.40. The van der Waals surface area contributed by atoms with Gasteiger partial charge in [0.05, 0.1) is 4.90 Å². The van der Waals surface area contributed by atoms with Crippen molar-refractivity contribution < 1.29 is 8.42 Å². The molecular weight excluding hydrogens is 284 g/mol. The highest BCUT2D eigenvalue weighted by Crippen LogP contribution is 2.37. The predicted molar refractivity (Wildman–Crippen MR) is 85.3 cm³/mol. The highest BCUT2D eigenvalue weighted by atomic mass is 32.2. The summed E-state index contributed by atoms with van der Waals surface area (Å²) in [5.74, 6) is 0. The number of nitrogens with two attached hydrogens (primary N) is 1. The van der Waals surface area contributed by atoms with E-state index in [2.05, 4.69) is 13.8 Å². The highest BCUT2D eigenvalue weighted by Gasteiger charge is 2.34. The van der Waals surface area contributed by atoms with Crippen LogP contribution in [0.4, 0.5) is 0 Å². The lowest BCUT2D eigenvalue weighted by atomic mass is 9.76. The average molecular weight is 310 g/mol. The molecule has 21 heavy (non-hydrogen) atoms. The molecule has 0 aromatic heterocycles. The Morgan fingerprint density at radius 2 is 1.90 bits per heavy atom. The number of benzene rings is 1. The molecule has 0 unspecified atom stereocenters. The number of hydrogen-bond donors (Lipinski definition) is 1. The second-order valence-electron chi connectivity index (χ2n) is 6.77. The van der Waals surface area contributed by atoms with E-state index in [1.807, 2.05) is 6.07 Å². The Bertz CT molecular complexity index is 586. The molecule has 5 heteroatoms. The predicted octanol–water partition coefficient (Wildman–Crippen LogP) is 2.73. The second-order valence-corrected chi connectivity index (χ2v) is 8.77. The average Bonchev–Trinajstić information content (AvgIpc) is 2.46. The van der Waals surface area contributed by atoms with Crippen LogP contribution >= 0.6 is 0 Å². The summed E-state index contributed by atoms with van der Waals surface area (Å²) in [5.41, 5.74) is 6.78. The number of nitrogens with zero attached hydrogens (tertiary/aromatic N) is 1. The van der Waals surface area contributed by atoms with Gasteiger partial charge in [0, 0.05) is 19.6 Å². The van der Waals surface area contributed by atoms with E-state index in [0.717, 1.165) is 31.2 Å². The maximum Gasteiger partial charge on any atom is 0.243 e. The van der Waals surface area contributed by atoms with Crippen LogP contribution in [0.2, 0.25) is 0 Å². The van der Waals surface area contributed by atoms with Crippen molar-refractivity contribution in [2.24, 2.45) is 11.1 Å².